The Bertz CT molecular complexity index is 1020. The third kappa shape index (κ3) is 2.48. The van der Waals surface area contributed by atoms with E-state index in [1.54, 1.807) is 24.5 Å². The van der Waals surface area contributed by atoms with E-state index < -0.39 is 18.3 Å². The minimum Gasteiger partial charge on any atom is -0.399 e. The van der Waals surface area contributed by atoms with E-state index in [1.807, 2.05) is 38.5 Å². The third-order valence-corrected chi connectivity index (χ3v) is 5.13. The molecule has 0 spiro atoms. The lowest BCUT2D eigenvalue weighted by atomic mass is 9.79. The van der Waals surface area contributed by atoms with Gasteiger partial charge in [0.25, 0.3) is 0 Å². The zero-order chi connectivity index (χ0) is 18.5. The Labute approximate surface area is 151 Å². The number of pyridine rings is 1. The van der Waals surface area contributed by atoms with Crippen LogP contribution in [0.2, 0.25) is 0 Å². The SMILES string of the molecule is CC1(C)OB(c2cn(-c3cc(C#N)ccn3)c3ncncc23)OC1(C)C. The van der Waals surface area contributed by atoms with Crippen molar-refractivity contribution in [3.05, 3.63) is 42.6 Å². The Morgan fingerprint density at radius 2 is 1.88 bits per heavy atom. The number of hydrogen-bond acceptors (Lipinski definition) is 6. The van der Waals surface area contributed by atoms with Crippen LogP contribution in [0.5, 0.6) is 0 Å². The average Bonchev–Trinajstić information content (AvgIpc) is 3.10. The van der Waals surface area contributed by atoms with Gasteiger partial charge in [0, 0.05) is 29.4 Å². The summed E-state index contributed by atoms with van der Waals surface area (Å²) < 4.78 is 14.2. The molecular formula is C18H18BN5O2. The van der Waals surface area contributed by atoms with Crippen molar-refractivity contribution in [2.45, 2.75) is 38.9 Å². The van der Waals surface area contributed by atoms with Crippen LogP contribution in [0, 0.1) is 11.3 Å². The molecule has 7 nitrogen and oxygen atoms in total. The molecule has 0 unspecified atom stereocenters. The van der Waals surface area contributed by atoms with Crippen molar-refractivity contribution in [1.29, 1.82) is 5.26 Å². The first-order valence-electron chi connectivity index (χ1n) is 8.35. The molecule has 0 bridgehead atoms. The summed E-state index contributed by atoms with van der Waals surface area (Å²) in [5.41, 5.74) is 1.17. The normalized spacial score (nSPS) is 18.2. The van der Waals surface area contributed by atoms with Crippen LogP contribution in [0.25, 0.3) is 16.9 Å². The highest BCUT2D eigenvalue weighted by Gasteiger charge is 2.52. The van der Waals surface area contributed by atoms with E-state index in [1.165, 1.54) is 6.33 Å². The fraction of sp³-hybridized carbons (Fsp3) is 0.333. The first kappa shape index (κ1) is 16.7. The fourth-order valence-corrected chi connectivity index (χ4v) is 2.94. The Kier molecular flexibility index (Phi) is 3.61. The van der Waals surface area contributed by atoms with Gasteiger partial charge in [-0.2, -0.15) is 5.26 Å². The Balaban J connectivity index is 1.87. The summed E-state index contributed by atoms with van der Waals surface area (Å²) in [6, 6.07) is 5.52. The summed E-state index contributed by atoms with van der Waals surface area (Å²) in [5, 5.41) is 9.99. The quantitative estimate of drug-likeness (QED) is 0.659. The topological polar surface area (TPSA) is 85.9 Å². The van der Waals surface area contributed by atoms with E-state index in [4.69, 9.17) is 14.6 Å². The predicted molar refractivity (Wildman–Crippen MR) is 97.1 cm³/mol. The number of fused-ring (bicyclic) bond motifs is 1. The molecule has 1 aliphatic heterocycles. The second-order valence-electron chi connectivity index (χ2n) is 7.32. The highest BCUT2D eigenvalue weighted by molar-refractivity contribution is 6.65. The molecule has 0 aliphatic carbocycles. The molecule has 0 radical (unpaired) electrons. The Morgan fingerprint density at radius 1 is 1.15 bits per heavy atom. The molecular weight excluding hydrogens is 329 g/mol. The molecule has 8 heteroatoms. The van der Waals surface area contributed by atoms with Gasteiger partial charge in [-0.3, -0.25) is 4.57 Å². The number of rotatable bonds is 2. The predicted octanol–water partition coefficient (Wildman–Crippen LogP) is 1.99. The van der Waals surface area contributed by atoms with Gasteiger partial charge in [-0.1, -0.05) is 0 Å². The van der Waals surface area contributed by atoms with E-state index in [2.05, 4.69) is 21.0 Å². The average molecular weight is 347 g/mol. The summed E-state index contributed by atoms with van der Waals surface area (Å²) in [6.07, 6.45) is 6.73. The maximum Gasteiger partial charge on any atom is 0.497 e. The Hall–Kier alpha value is -2.76. The lowest BCUT2D eigenvalue weighted by molar-refractivity contribution is 0.00578. The summed E-state index contributed by atoms with van der Waals surface area (Å²) in [7, 11) is -0.533. The van der Waals surface area contributed by atoms with E-state index in [0.717, 1.165) is 10.8 Å². The first-order chi connectivity index (χ1) is 12.3. The van der Waals surface area contributed by atoms with Crippen LogP contribution in [0.15, 0.2) is 37.1 Å². The molecule has 130 valence electrons. The molecule has 1 fully saturated rings. The van der Waals surface area contributed by atoms with Crippen LogP contribution in [-0.4, -0.2) is 37.8 Å². The molecule has 1 saturated heterocycles. The van der Waals surface area contributed by atoms with E-state index in [0.29, 0.717) is 17.0 Å². The number of aromatic nitrogens is 4. The fourth-order valence-electron chi connectivity index (χ4n) is 2.94. The molecule has 1 aliphatic rings. The van der Waals surface area contributed by atoms with E-state index in [9.17, 15) is 0 Å². The highest BCUT2D eigenvalue weighted by Crippen LogP contribution is 2.37. The smallest absolute Gasteiger partial charge is 0.399 e. The van der Waals surface area contributed by atoms with Crippen LogP contribution in [0.4, 0.5) is 0 Å². The van der Waals surface area contributed by atoms with Gasteiger partial charge in [-0.25, -0.2) is 15.0 Å². The van der Waals surface area contributed by atoms with Crippen molar-refractivity contribution >= 4 is 23.6 Å². The van der Waals surface area contributed by atoms with Gasteiger partial charge in [0.2, 0.25) is 0 Å². The lowest BCUT2D eigenvalue weighted by Crippen LogP contribution is -2.41. The van der Waals surface area contributed by atoms with Crippen LogP contribution >= 0.6 is 0 Å². The van der Waals surface area contributed by atoms with Crippen LogP contribution in [0.3, 0.4) is 0 Å². The number of hydrogen-bond donors (Lipinski definition) is 0. The minimum atomic E-state index is -0.533. The van der Waals surface area contributed by atoms with Crippen LogP contribution in [0.1, 0.15) is 33.3 Å². The van der Waals surface area contributed by atoms with Gasteiger partial charge in [-0.05, 0) is 39.8 Å². The first-order valence-corrected chi connectivity index (χ1v) is 8.35. The summed E-state index contributed by atoms with van der Waals surface area (Å²) in [5.74, 6) is 0.607. The molecule has 26 heavy (non-hydrogen) atoms. The monoisotopic (exact) mass is 347 g/mol. The molecule has 0 aromatic carbocycles. The summed E-state index contributed by atoms with van der Waals surface area (Å²) >= 11 is 0. The molecule has 3 aromatic rings. The van der Waals surface area contributed by atoms with Crippen molar-refractivity contribution in [2.75, 3.05) is 0 Å². The summed E-state index contributed by atoms with van der Waals surface area (Å²) in [6.45, 7) is 8.06. The summed E-state index contributed by atoms with van der Waals surface area (Å²) in [4.78, 5) is 12.9. The number of nitriles is 1. The minimum absolute atomic E-state index is 0.444. The van der Waals surface area contributed by atoms with Gasteiger partial charge < -0.3 is 9.31 Å². The van der Waals surface area contributed by atoms with Crippen molar-refractivity contribution in [1.82, 2.24) is 19.5 Å². The zero-order valence-electron chi connectivity index (χ0n) is 15.1. The van der Waals surface area contributed by atoms with Gasteiger partial charge in [0.1, 0.15) is 17.8 Å². The maximum atomic E-state index is 9.16. The van der Waals surface area contributed by atoms with Crippen molar-refractivity contribution < 1.29 is 9.31 Å². The third-order valence-electron chi connectivity index (χ3n) is 5.13. The second-order valence-corrected chi connectivity index (χ2v) is 7.32. The van der Waals surface area contributed by atoms with Gasteiger partial charge in [-0.15, -0.1) is 0 Å². The van der Waals surface area contributed by atoms with Gasteiger partial charge in [0.05, 0.1) is 22.8 Å². The molecule has 4 heterocycles. The standard InChI is InChI=1S/C18H18BN5O2/c1-17(2)18(3,4)26-19(25-17)14-10-24(16-13(14)9-21-11-23-16)15-7-12(8-20)5-6-22-15/h5-7,9-11H,1-4H3. The molecule has 4 rings (SSSR count). The Morgan fingerprint density at radius 3 is 2.58 bits per heavy atom. The molecule has 0 atom stereocenters. The van der Waals surface area contributed by atoms with Gasteiger partial charge in [0.15, 0.2) is 0 Å². The number of nitrogens with zero attached hydrogens (tertiary/aromatic N) is 5. The van der Waals surface area contributed by atoms with Crippen LogP contribution < -0.4 is 5.46 Å². The zero-order valence-corrected chi connectivity index (χ0v) is 15.1. The van der Waals surface area contributed by atoms with Crippen molar-refractivity contribution in [3.8, 4) is 11.9 Å². The van der Waals surface area contributed by atoms with Crippen molar-refractivity contribution in [2.24, 2.45) is 0 Å². The lowest BCUT2D eigenvalue weighted by Gasteiger charge is -2.32. The second kappa shape index (κ2) is 5.63. The molecule has 3 aromatic heterocycles. The van der Waals surface area contributed by atoms with Gasteiger partial charge >= 0.3 is 7.12 Å². The molecule has 0 amide bonds. The highest BCUT2D eigenvalue weighted by atomic mass is 16.7. The van der Waals surface area contributed by atoms with Crippen molar-refractivity contribution in [3.63, 3.8) is 0 Å². The van der Waals surface area contributed by atoms with E-state index >= 15 is 0 Å². The molecule has 0 N–H and O–H groups in total. The maximum absolute atomic E-state index is 9.16. The molecule has 0 saturated carbocycles. The largest absolute Gasteiger partial charge is 0.497 e. The van der Waals surface area contributed by atoms with E-state index in [-0.39, 0.29) is 0 Å². The van der Waals surface area contributed by atoms with Crippen LogP contribution in [-0.2, 0) is 9.31 Å².